The van der Waals surface area contributed by atoms with E-state index in [9.17, 15) is 22.8 Å². The highest BCUT2D eigenvalue weighted by Gasteiger charge is 2.44. The molecule has 12 nitrogen and oxygen atoms in total. The minimum Gasteiger partial charge on any atom is -0.434 e. The summed E-state index contributed by atoms with van der Waals surface area (Å²) < 4.78 is 39.5. The van der Waals surface area contributed by atoms with Gasteiger partial charge in [0.15, 0.2) is 5.58 Å². The molecule has 2 amide bonds. The van der Waals surface area contributed by atoms with Crippen molar-refractivity contribution in [2.75, 3.05) is 12.8 Å². The summed E-state index contributed by atoms with van der Waals surface area (Å²) in [5.41, 5.74) is 10.1. The van der Waals surface area contributed by atoms with Crippen LogP contribution in [0, 0.1) is 0 Å². The summed E-state index contributed by atoms with van der Waals surface area (Å²) in [7, 11) is -3.83. The lowest BCUT2D eigenvalue weighted by Gasteiger charge is -2.29. The molecular weight excluding hydrogens is 730 g/mol. The molecule has 0 bridgehead atoms. The SMILES string of the molecule is CS(=O)(=O)N[C@H](CCc1ccccc1)C(=O)N1C[C@H](OCc2ccc(Cl)cc2)C[C@H]1C(=O)N[C@@H](Cc1ccc(CN)cc1)C(=O)c1nc2ccccc2o1. The summed E-state index contributed by atoms with van der Waals surface area (Å²) in [6.07, 6.45) is 1.16. The van der Waals surface area contributed by atoms with E-state index in [0.29, 0.717) is 29.1 Å². The molecule has 4 aromatic carbocycles. The third kappa shape index (κ3) is 10.2. The number of nitrogens with one attached hydrogen (secondary N) is 2. The van der Waals surface area contributed by atoms with Crippen molar-refractivity contribution in [2.24, 2.45) is 5.73 Å². The van der Waals surface area contributed by atoms with Crippen LogP contribution in [0.15, 0.2) is 108 Å². The van der Waals surface area contributed by atoms with Crippen molar-refractivity contribution in [1.82, 2.24) is 19.9 Å². The lowest BCUT2D eigenvalue weighted by Crippen LogP contribution is -2.55. The van der Waals surface area contributed by atoms with E-state index in [-0.39, 0.29) is 38.3 Å². The maximum atomic E-state index is 14.4. The monoisotopic (exact) mass is 771 g/mol. The van der Waals surface area contributed by atoms with Crippen LogP contribution in [0.5, 0.6) is 0 Å². The van der Waals surface area contributed by atoms with Crippen molar-refractivity contribution in [3.63, 3.8) is 0 Å². The number of para-hydroxylation sites is 2. The number of aromatic nitrogens is 1. The molecule has 54 heavy (non-hydrogen) atoms. The van der Waals surface area contributed by atoms with E-state index in [4.69, 9.17) is 26.5 Å². The molecule has 14 heteroatoms. The highest BCUT2D eigenvalue weighted by Crippen LogP contribution is 2.26. The summed E-state index contributed by atoms with van der Waals surface area (Å²) in [5, 5.41) is 3.47. The number of carbonyl (C=O) groups excluding carboxylic acids is 3. The number of hydrogen-bond acceptors (Lipinski definition) is 9. The Balaban J connectivity index is 1.28. The van der Waals surface area contributed by atoms with Gasteiger partial charge in [-0.05, 0) is 59.4 Å². The molecule has 4 atom stereocenters. The van der Waals surface area contributed by atoms with E-state index in [1.165, 1.54) is 4.90 Å². The van der Waals surface area contributed by atoms with Gasteiger partial charge in [-0.15, -0.1) is 0 Å². The molecule has 0 spiro atoms. The van der Waals surface area contributed by atoms with Gasteiger partial charge in [-0.2, -0.15) is 0 Å². The number of benzene rings is 4. The molecule has 4 N–H and O–H groups in total. The fraction of sp³-hybridized carbons (Fsp3) is 0.300. The molecule has 1 fully saturated rings. The number of rotatable bonds is 16. The molecule has 0 saturated carbocycles. The Morgan fingerprint density at radius 2 is 1.57 bits per heavy atom. The van der Waals surface area contributed by atoms with E-state index < -0.39 is 51.9 Å². The number of hydrogen-bond donors (Lipinski definition) is 3. The first-order chi connectivity index (χ1) is 26.0. The highest BCUT2D eigenvalue weighted by atomic mass is 35.5. The van der Waals surface area contributed by atoms with Gasteiger partial charge < -0.3 is 25.1 Å². The van der Waals surface area contributed by atoms with Gasteiger partial charge in [0, 0.05) is 31.0 Å². The first kappa shape index (κ1) is 38.8. The predicted octanol–water partition coefficient (Wildman–Crippen LogP) is 4.59. The normalized spacial score (nSPS) is 17.0. The second-order valence-corrected chi connectivity index (χ2v) is 15.6. The molecule has 6 rings (SSSR count). The number of carbonyl (C=O) groups is 3. The number of amides is 2. The fourth-order valence-corrected chi connectivity index (χ4v) is 7.36. The molecule has 1 aliphatic heterocycles. The number of ketones is 1. The van der Waals surface area contributed by atoms with Crippen LogP contribution in [-0.4, -0.2) is 72.9 Å². The Labute approximate surface area is 319 Å². The van der Waals surface area contributed by atoms with E-state index in [1.54, 1.807) is 36.4 Å². The molecule has 5 aromatic rings. The Morgan fingerprint density at radius 3 is 2.26 bits per heavy atom. The van der Waals surface area contributed by atoms with Crippen LogP contribution < -0.4 is 15.8 Å². The molecule has 1 aliphatic rings. The van der Waals surface area contributed by atoms with Crippen LogP contribution in [0.4, 0.5) is 0 Å². The minimum absolute atomic E-state index is 0.0160. The molecule has 282 valence electrons. The number of sulfonamides is 1. The van der Waals surface area contributed by atoms with Crippen molar-refractivity contribution >= 4 is 50.3 Å². The van der Waals surface area contributed by atoms with E-state index in [0.717, 1.165) is 28.5 Å². The van der Waals surface area contributed by atoms with Crippen LogP contribution in [0.3, 0.4) is 0 Å². The molecule has 1 saturated heterocycles. The number of oxazole rings is 1. The molecule has 0 unspecified atom stereocenters. The van der Waals surface area contributed by atoms with Crippen LogP contribution in [0.25, 0.3) is 11.1 Å². The summed E-state index contributed by atoms with van der Waals surface area (Å²) in [4.78, 5) is 48.5. The number of Topliss-reactive ketones (excluding diaryl/α,β-unsaturated/α-hetero) is 1. The topological polar surface area (TPSA) is 174 Å². The average molecular weight is 772 g/mol. The molecule has 2 heterocycles. The number of ether oxygens (including phenoxy) is 1. The van der Waals surface area contributed by atoms with Crippen molar-refractivity contribution < 1.29 is 32.0 Å². The smallest absolute Gasteiger partial charge is 0.266 e. The van der Waals surface area contributed by atoms with Gasteiger partial charge in [0.2, 0.25) is 27.6 Å². The van der Waals surface area contributed by atoms with Crippen LogP contribution >= 0.6 is 11.6 Å². The van der Waals surface area contributed by atoms with Crippen LogP contribution in [0.2, 0.25) is 5.02 Å². The van der Waals surface area contributed by atoms with E-state index in [2.05, 4.69) is 15.0 Å². The zero-order chi connectivity index (χ0) is 38.2. The van der Waals surface area contributed by atoms with Crippen molar-refractivity contribution in [1.29, 1.82) is 0 Å². The summed E-state index contributed by atoms with van der Waals surface area (Å²) in [6.45, 7) is 0.548. The Morgan fingerprint density at radius 1 is 0.907 bits per heavy atom. The zero-order valence-electron chi connectivity index (χ0n) is 29.7. The molecule has 0 radical (unpaired) electrons. The Bertz CT molecular complexity index is 2150. The lowest BCUT2D eigenvalue weighted by molar-refractivity contribution is -0.140. The van der Waals surface area contributed by atoms with Gasteiger partial charge in [-0.1, -0.05) is 90.5 Å². The zero-order valence-corrected chi connectivity index (χ0v) is 31.3. The van der Waals surface area contributed by atoms with Gasteiger partial charge in [0.1, 0.15) is 23.6 Å². The summed E-state index contributed by atoms with van der Waals surface area (Å²) >= 11 is 6.06. The van der Waals surface area contributed by atoms with Gasteiger partial charge in [0.05, 0.1) is 19.0 Å². The Hall–Kier alpha value is -4.92. The van der Waals surface area contributed by atoms with Crippen molar-refractivity contribution in [3.05, 3.63) is 136 Å². The minimum atomic E-state index is -3.83. The highest BCUT2D eigenvalue weighted by molar-refractivity contribution is 7.88. The van der Waals surface area contributed by atoms with E-state index >= 15 is 0 Å². The molecule has 0 aliphatic carbocycles. The summed E-state index contributed by atoms with van der Waals surface area (Å²) in [6, 6.07) is 27.5. The number of fused-ring (bicyclic) bond motifs is 1. The van der Waals surface area contributed by atoms with Crippen molar-refractivity contribution in [2.45, 2.75) is 63.1 Å². The van der Waals surface area contributed by atoms with Gasteiger partial charge in [-0.25, -0.2) is 18.1 Å². The Kier molecular flexibility index (Phi) is 12.6. The van der Waals surface area contributed by atoms with Crippen LogP contribution in [0.1, 0.15) is 45.8 Å². The number of halogens is 1. The standard InChI is InChI=1S/C40H42ClN5O7S/c1-54(50,51)45-33(20-17-26-7-3-2-4-8-26)40(49)46-24-31(52-25-29-15-18-30(41)19-16-29)22-35(46)38(48)43-34(21-27-11-13-28(23-42)14-12-27)37(47)39-44-32-9-5-6-10-36(32)53-39/h2-16,18-19,31,33-35,45H,17,20-25,42H2,1H3,(H,43,48)/t31-,33-,34+,35+/m1/s1. The maximum absolute atomic E-state index is 14.4. The number of aryl methyl sites for hydroxylation is 1. The maximum Gasteiger partial charge on any atom is 0.266 e. The lowest BCUT2D eigenvalue weighted by atomic mass is 10.00. The van der Waals surface area contributed by atoms with Crippen LogP contribution in [-0.2, 0) is 50.3 Å². The van der Waals surface area contributed by atoms with Gasteiger partial charge >= 0.3 is 0 Å². The average Bonchev–Trinajstić information content (AvgIpc) is 3.81. The molecule has 1 aromatic heterocycles. The van der Waals surface area contributed by atoms with Gasteiger partial charge in [-0.3, -0.25) is 14.4 Å². The third-order valence-electron chi connectivity index (χ3n) is 9.30. The number of nitrogens with two attached hydrogens (primary N) is 1. The number of nitrogens with zero attached hydrogens (tertiary/aromatic N) is 2. The summed E-state index contributed by atoms with van der Waals surface area (Å²) in [5.74, 6) is -1.89. The number of likely N-dealkylation sites (tertiary alicyclic amines) is 1. The quantitative estimate of drug-likeness (QED) is 0.121. The largest absolute Gasteiger partial charge is 0.434 e. The van der Waals surface area contributed by atoms with Gasteiger partial charge in [0.25, 0.3) is 5.89 Å². The predicted molar refractivity (Wildman–Crippen MR) is 205 cm³/mol. The fourth-order valence-electron chi connectivity index (χ4n) is 6.50. The van der Waals surface area contributed by atoms with Crippen molar-refractivity contribution in [3.8, 4) is 0 Å². The first-order valence-electron chi connectivity index (χ1n) is 17.6. The van der Waals surface area contributed by atoms with E-state index in [1.807, 2.05) is 66.7 Å². The second kappa shape index (κ2) is 17.5. The second-order valence-electron chi connectivity index (χ2n) is 13.4. The third-order valence-corrected chi connectivity index (χ3v) is 10.3. The molecular formula is C40H42ClN5O7S. The first-order valence-corrected chi connectivity index (χ1v) is 19.9.